The van der Waals surface area contributed by atoms with Crippen molar-refractivity contribution >= 4 is 39.2 Å². The first kappa shape index (κ1) is 23.2. The van der Waals surface area contributed by atoms with E-state index in [2.05, 4.69) is 5.32 Å². The normalized spacial score (nSPS) is 15.5. The molecule has 1 aliphatic heterocycles. The van der Waals surface area contributed by atoms with Gasteiger partial charge < -0.3 is 10.1 Å². The summed E-state index contributed by atoms with van der Waals surface area (Å²) in [4.78, 5) is 24.5. The Labute approximate surface area is 187 Å². The fourth-order valence-corrected chi connectivity index (χ4v) is 5.41. The Bertz CT molecular complexity index is 1080. The summed E-state index contributed by atoms with van der Waals surface area (Å²) >= 11 is 6.10. The quantitative estimate of drug-likeness (QED) is 0.659. The predicted octanol–water partition coefficient (Wildman–Crippen LogP) is 3.62. The van der Waals surface area contributed by atoms with Crippen LogP contribution in [0, 0.1) is 12.8 Å². The summed E-state index contributed by atoms with van der Waals surface area (Å²) in [5.41, 5.74) is 2.27. The minimum atomic E-state index is -3.53. The van der Waals surface area contributed by atoms with Crippen molar-refractivity contribution in [2.24, 2.45) is 5.92 Å². The van der Waals surface area contributed by atoms with Crippen molar-refractivity contribution in [1.82, 2.24) is 4.31 Å². The lowest BCUT2D eigenvalue weighted by Gasteiger charge is -2.30. The summed E-state index contributed by atoms with van der Waals surface area (Å²) in [7, 11) is -2.23. The van der Waals surface area contributed by atoms with Crippen molar-refractivity contribution in [1.29, 1.82) is 0 Å². The molecular weight excluding hydrogens is 440 g/mol. The Balaban J connectivity index is 1.61. The molecule has 0 aromatic heterocycles. The summed E-state index contributed by atoms with van der Waals surface area (Å²) < 4.78 is 31.7. The van der Waals surface area contributed by atoms with Crippen LogP contribution in [0.5, 0.6) is 0 Å². The molecular formula is C22H25ClN2O5S. The van der Waals surface area contributed by atoms with Gasteiger partial charge in [-0.3, -0.25) is 4.79 Å². The number of sulfonamides is 1. The fraction of sp³-hybridized carbons (Fsp3) is 0.364. The van der Waals surface area contributed by atoms with Gasteiger partial charge in [0.05, 0.1) is 18.4 Å². The molecule has 1 aliphatic rings. The van der Waals surface area contributed by atoms with Gasteiger partial charge in [0, 0.05) is 29.7 Å². The molecule has 1 heterocycles. The molecule has 0 spiro atoms. The van der Waals surface area contributed by atoms with Crippen molar-refractivity contribution in [3.05, 3.63) is 64.2 Å². The van der Waals surface area contributed by atoms with E-state index in [1.807, 2.05) is 6.92 Å². The van der Waals surface area contributed by atoms with Crippen molar-refractivity contribution in [2.45, 2.75) is 25.5 Å². The van der Waals surface area contributed by atoms with Gasteiger partial charge in [-0.05, 0) is 49.1 Å². The first-order chi connectivity index (χ1) is 14.7. The molecule has 1 saturated heterocycles. The van der Waals surface area contributed by atoms with Crippen LogP contribution in [0.2, 0.25) is 5.02 Å². The maximum absolute atomic E-state index is 12.8. The van der Waals surface area contributed by atoms with Crippen LogP contribution < -0.4 is 5.32 Å². The van der Waals surface area contributed by atoms with Crippen LogP contribution >= 0.6 is 11.6 Å². The van der Waals surface area contributed by atoms with Gasteiger partial charge in [-0.2, -0.15) is 0 Å². The highest BCUT2D eigenvalue weighted by molar-refractivity contribution is 7.88. The van der Waals surface area contributed by atoms with Gasteiger partial charge in [-0.15, -0.1) is 0 Å². The summed E-state index contributed by atoms with van der Waals surface area (Å²) in [6, 6.07) is 11.8. The Hall–Kier alpha value is -2.42. The summed E-state index contributed by atoms with van der Waals surface area (Å²) in [6.45, 7) is 2.37. The van der Waals surface area contributed by atoms with Gasteiger partial charge in [-0.1, -0.05) is 35.9 Å². The van der Waals surface area contributed by atoms with E-state index >= 15 is 0 Å². The van der Waals surface area contributed by atoms with Gasteiger partial charge in [0.15, 0.2) is 0 Å². The highest BCUT2D eigenvalue weighted by atomic mass is 35.5. The Kier molecular flexibility index (Phi) is 7.35. The Morgan fingerprint density at radius 3 is 2.48 bits per heavy atom. The van der Waals surface area contributed by atoms with Gasteiger partial charge in [-0.25, -0.2) is 17.5 Å². The molecule has 9 heteroatoms. The summed E-state index contributed by atoms with van der Waals surface area (Å²) in [6.07, 6.45) is 0.840. The third-order valence-electron chi connectivity index (χ3n) is 5.43. The van der Waals surface area contributed by atoms with E-state index < -0.39 is 16.0 Å². The van der Waals surface area contributed by atoms with Crippen LogP contribution in [0.1, 0.15) is 34.3 Å². The second-order valence-electron chi connectivity index (χ2n) is 7.53. The lowest BCUT2D eigenvalue weighted by atomic mass is 9.97. The smallest absolute Gasteiger partial charge is 0.337 e. The Morgan fingerprint density at radius 2 is 1.84 bits per heavy atom. The summed E-state index contributed by atoms with van der Waals surface area (Å²) in [5.74, 6) is -1.14. The topological polar surface area (TPSA) is 92.8 Å². The SMILES string of the molecule is COC(=O)c1ccc(C)c(NC(=O)C2CCN(S(=O)(=O)Cc3ccccc3Cl)CC2)c1. The third kappa shape index (κ3) is 5.64. The molecule has 0 unspecified atom stereocenters. The second-order valence-corrected chi connectivity index (χ2v) is 9.91. The number of methoxy groups -OCH3 is 1. The van der Waals surface area contributed by atoms with Crippen molar-refractivity contribution < 1.29 is 22.7 Å². The number of piperidine rings is 1. The number of anilines is 1. The van der Waals surface area contributed by atoms with Crippen molar-refractivity contribution in [2.75, 3.05) is 25.5 Å². The number of amides is 1. The van der Waals surface area contributed by atoms with E-state index in [-0.39, 0.29) is 30.7 Å². The molecule has 0 bridgehead atoms. The monoisotopic (exact) mass is 464 g/mol. The van der Waals surface area contributed by atoms with Crippen LogP contribution in [-0.2, 0) is 25.3 Å². The van der Waals surface area contributed by atoms with E-state index in [0.717, 1.165) is 5.56 Å². The number of esters is 1. The molecule has 1 fully saturated rings. The zero-order valence-corrected chi connectivity index (χ0v) is 19.0. The number of nitrogens with one attached hydrogen (secondary N) is 1. The zero-order valence-electron chi connectivity index (χ0n) is 17.4. The zero-order chi connectivity index (χ0) is 22.6. The number of ether oxygens (including phenoxy) is 1. The fourth-order valence-electron chi connectivity index (χ4n) is 3.54. The number of halogens is 1. The van der Waals surface area contributed by atoms with Crippen LogP contribution in [0.4, 0.5) is 5.69 Å². The molecule has 31 heavy (non-hydrogen) atoms. The predicted molar refractivity (Wildman–Crippen MR) is 120 cm³/mol. The van der Waals surface area contributed by atoms with E-state index in [9.17, 15) is 18.0 Å². The Morgan fingerprint density at radius 1 is 1.16 bits per heavy atom. The number of aryl methyl sites for hydroxylation is 1. The molecule has 7 nitrogen and oxygen atoms in total. The van der Waals surface area contributed by atoms with Crippen LogP contribution in [0.25, 0.3) is 0 Å². The number of hydrogen-bond donors (Lipinski definition) is 1. The van der Waals surface area contributed by atoms with Gasteiger partial charge in [0.1, 0.15) is 0 Å². The molecule has 0 atom stereocenters. The molecule has 3 rings (SSSR count). The number of benzene rings is 2. The van der Waals surface area contributed by atoms with Crippen LogP contribution in [0.15, 0.2) is 42.5 Å². The maximum Gasteiger partial charge on any atom is 0.337 e. The molecule has 0 aliphatic carbocycles. The number of carbonyl (C=O) groups excluding carboxylic acids is 2. The molecule has 166 valence electrons. The minimum absolute atomic E-state index is 0.164. The summed E-state index contributed by atoms with van der Waals surface area (Å²) in [5, 5.41) is 3.29. The number of nitrogens with zero attached hydrogens (tertiary/aromatic N) is 1. The maximum atomic E-state index is 12.8. The lowest BCUT2D eigenvalue weighted by molar-refractivity contribution is -0.120. The highest BCUT2D eigenvalue weighted by Crippen LogP contribution is 2.26. The first-order valence-corrected chi connectivity index (χ1v) is 11.9. The molecule has 1 amide bonds. The highest BCUT2D eigenvalue weighted by Gasteiger charge is 2.31. The van der Waals surface area contributed by atoms with E-state index in [1.54, 1.807) is 42.5 Å². The van der Waals surface area contributed by atoms with E-state index in [1.165, 1.54) is 11.4 Å². The average Bonchev–Trinajstić information content (AvgIpc) is 2.76. The lowest BCUT2D eigenvalue weighted by Crippen LogP contribution is -2.42. The number of rotatable bonds is 6. The van der Waals surface area contributed by atoms with Gasteiger partial charge >= 0.3 is 5.97 Å². The number of hydrogen-bond acceptors (Lipinski definition) is 5. The van der Waals surface area contributed by atoms with Crippen LogP contribution in [0.3, 0.4) is 0 Å². The van der Waals surface area contributed by atoms with Crippen molar-refractivity contribution in [3.8, 4) is 0 Å². The van der Waals surface area contributed by atoms with Crippen LogP contribution in [-0.4, -0.2) is 44.8 Å². The average molecular weight is 465 g/mol. The number of carbonyl (C=O) groups is 2. The molecule has 2 aromatic rings. The largest absolute Gasteiger partial charge is 0.465 e. The second kappa shape index (κ2) is 9.80. The first-order valence-electron chi connectivity index (χ1n) is 9.92. The van der Waals surface area contributed by atoms with E-state index in [4.69, 9.17) is 16.3 Å². The van der Waals surface area contributed by atoms with Gasteiger partial charge in [0.2, 0.25) is 15.9 Å². The molecule has 0 radical (unpaired) electrons. The van der Waals surface area contributed by atoms with Crippen molar-refractivity contribution in [3.63, 3.8) is 0 Å². The van der Waals surface area contributed by atoms with Gasteiger partial charge in [0.25, 0.3) is 0 Å². The van der Waals surface area contributed by atoms with E-state index in [0.29, 0.717) is 34.7 Å². The molecule has 1 N–H and O–H groups in total. The molecule has 2 aromatic carbocycles. The third-order valence-corrected chi connectivity index (χ3v) is 7.63. The standard InChI is InChI=1S/C22H25ClN2O5S/c1-15-7-8-17(22(27)30-2)13-20(15)24-21(26)16-9-11-25(12-10-16)31(28,29)14-18-5-3-4-6-19(18)23/h3-8,13,16H,9-12,14H2,1-2H3,(H,24,26). The minimum Gasteiger partial charge on any atom is -0.465 e. The molecule has 0 saturated carbocycles.